The lowest BCUT2D eigenvalue weighted by Crippen LogP contribution is -2.34. The lowest BCUT2D eigenvalue weighted by molar-refractivity contribution is 0.0780. The van der Waals surface area contributed by atoms with Gasteiger partial charge in [0.1, 0.15) is 23.5 Å². The highest BCUT2D eigenvalue weighted by Gasteiger charge is 2.43. The summed E-state index contributed by atoms with van der Waals surface area (Å²) >= 11 is 0. The van der Waals surface area contributed by atoms with Crippen LogP contribution in [-0.2, 0) is 0 Å². The molecule has 5 rings (SSSR count). The Labute approximate surface area is 152 Å². The van der Waals surface area contributed by atoms with E-state index in [0.29, 0.717) is 34.8 Å². The Morgan fingerprint density at radius 3 is 2.46 bits per heavy atom. The molecule has 2 aromatic heterocycles. The largest absolute Gasteiger partial charge is 0.361 e. The Morgan fingerprint density at radius 2 is 1.85 bits per heavy atom. The monoisotopic (exact) mass is 353 g/mol. The van der Waals surface area contributed by atoms with Gasteiger partial charge in [-0.2, -0.15) is 0 Å². The molecule has 0 radical (unpaired) electrons. The van der Waals surface area contributed by atoms with E-state index in [1.807, 2.05) is 11.8 Å². The van der Waals surface area contributed by atoms with Gasteiger partial charge in [0.25, 0.3) is 5.91 Å². The number of carbonyl (C=O) groups is 1. The van der Waals surface area contributed by atoms with Crippen molar-refractivity contribution in [1.82, 2.24) is 20.0 Å². The Bertz CT molecular complexity index is 826. The second-order valence-electron chi connectivity index (χ2n) is 7.91. The summed E-state index contributed by atoms with van der Waals surface area (Å²) in [6, 6.07) is 2.16. The zero-order valence-corrected chi connectivity index (χ0v) is 15.2. The molecular weight excluding hydrogens is 330 g/mol. The van der Waals surface area contributed by atoms with Gasteiger partial charge in [-0.3, -0.25) is 4.79 Å². The average Bonchev–Trinajstić information content (AvgIpc) is 3.17. The third-order valence-corrected chi connectivity index (χ3v) is 6.01. The fourth-order valence-corrected chi connectivity index (χ4v) is 4.43. The molecule has 0 bridgehead atoms. The summed E-state index contributed by atoms with van der Waals surface area (Å²) in [5.74, 6) is 3.35. The van der Waals surface area contributed by atoms with Crippen LogP contribution in [-0.4, -0.2) is 52.1 Å². The number of fused-ring (bicyclic) bond motifs is 1. The Hall–Kier alpha value is -2.44. The maximum atomic E-state index is 12.9. The van der Waals surface area contributed by atoms with Gasteiger partial charge < -0.3 is 14.3 Å². The average molecular weight is 353 g/mol. The number of rotatable bonds is 3. The van der Waals surface area contributed by atoms with Gasteiger partial charge in [-0.1, -0.05) is 5.16 Å². The number of anilines is 1. The first-order valence-corrected chi connectivity index (χ1v) is 9.39. The molecule has 4 heterocycles. The normalized spacial score (nSPS) is 25.0. The van der Waals surface area contributed by atoms with E-state index in [0.717, 1.165) is 32.0 Å². The van der Waals surface area contributed by atoms with Crippen molar-refractivity contribution in [3.05, 3.63) is 35.1 Å². The zero-order valence-electron chi connectivity index (χ0n) is 15.2. The fourth-order valence-electron chi connectivity index (χ4n) is 4.43. The summed E-state index contributed by atoms with van der Waals surface area (Å²) in [7, 11) is 0. The molecule has 3 fully saturated rings. The third kappa shape index (κ3) is 2.57. The van der Waals surface area contributed by atoms with E-state index in [1.54, 1.807) is 13.3 Å². The topological polar surface area (TPSA) is 75.4 Å². The first-order valence-electron chi connectivity index (χ1n) is 9.39. The first-order chi connectivity index (χ1) is 12.6. The fraction of sp³-hybridized carbons (Fsp3) is 0.579. The molecule has 1 aliphatic carbocycles. The van der Waals surface area contributed by atoms with Crippen molar-refractivity contribution in [2.75, 3.05) is 31.1 Å². The predicted octanol–water partition coefficient (Wildman–Crippen LogP) is 2.17. The van der Waals surface area contributed by atoms with E-state index in [4.69, 9.17) is 4.52 Å². The van der Waals surface area contributed by atoms with E-state index >= 15 is 0 Å². The van der Waals surface area contributed by atoms with Gasteiger partial charge in [-0.15, -0.1) is 0 Å². The van der Waals surface area contributed by atoms with E-state index in [-0.39, 0.29) is 5.91 Å². The SMILES string of the molecule is Cc1noc(C)c1C(=O)N1CC2CN(c3cc(C4CC4)ncn3)CC2C1. The van der Waals surface area contributed by atoms with Crippen LogP contribution in [0.25, 0.3) is 0 Å². The van der Waals surface area contributed by atoms with Crippen LogP contribution in [0.4, 0.5) is 5.82 Å². The molecule has 2 saturated heterocycles. The Balaban J connectivity index is 1.28. The molecule has 1 saturated carbocycles. The van der Waals surface area contributed by atoms with Crippen LogP contribution in [0.15, 0.2) is 16.9 Å². The molecule has 26 heavy (non-hydrogen) atoms. The predicted molar refractivity (Wildman–Crippen MR) is 95.1 cm³/mol. The van der Waals surface area contributed by atoms with E-state index in [2.05, 4.69) is 26.1 Å². The number of nitrogens with zero attached hydrogens (tertiary/aromatic N) is 5. The number of hydrogen-bond donors (Lipinski definition) is 0. The van der Waals surface area contributed by atoms with E-state index < -0.39 is 0 Å². The molecule has 7 heteroatoms. The molecule has 1 amide bonds. The van der Waals surface area contributed by atoms with Crippen LogP contribution in [0.2, 0.25) is 0 Å². The van der Waals surface area contributed by atoms with E-state index in [1.165, 1.54) is 18.5 Å². The minimum Gasteiger partial charge on any atom is -0.361 e. The first kappa shape index (κ1) is 15.8. The number of aromatic nitrogens is 3. The summed E-state index contributed by atoms with van der Waals surface area (Å²) in [5.41, 5.74) is 2.49. The molecule has 0 spiro atoms. The second-order valence-corrected chi connectivity index (χ2v) is 7.91. The molecule has 2 unspecified atom stereocenters. The summed E-state index contributed by atoms with van der Waals surface area (Å²) in [6.45, 7) is 7.14. The molecule has 2 aromatic rings. The molecular formula is C19H23N5O2. The number of likely N-dealkylation sites (tertiary alicyclic amines) is 1. The quantitative estimate of drug-likeness (QED) is 0.842. The van der Waals surface area contributed by atoms with Crippen LogP contribution < -0.4 is 4.90 Å². The van der Waals surface area contributed by atoms with Crippen molar-refractivity contribution in [3.8, 4) is 0 Å². The number of amides is 1. The Kier molecular flexibility index (Phi) is 3.52. The molecule has 0 aromatic carbocycles. The standard InChI is InChI=1S/C19H23N5O2/c1-11-18(12(2)26-22-11)19(25)24-8-14-6-23(7-15(14)9-24)17-5-16(13-3-4-13)20-10-21-17/h5,10,13-15H,3-4,6-9H2,1-2H3. The van der Waals surface area contributed by atoms with Crippen molar-refractivity contribution in [3.63, 3.8) is 0 Å². The number of carbonyl (C=O) groups excluding carboxylic acids is 1. The van der Waals surface area contributed by atoms with Gasteiger partial charge in [0, 0.05) is 55.7 Å². The second kappa shape index (κ2) is 5.79. The summed E-state index contributed by atoms with van der Waals surface area (Å²) in [6.07, 6.45) is 4.20. The minimum absolute atomic E-state index is 0.0558. The van der Waals surface area contributed by atoms with Gasteiger partial charge in [0.2, 0.25) is 0 Å². The van der Waals surface area contributed by atoms with Gasteiger partial charge in [-0.25, -0.2) is 9.97 Å². The van der Waals surface area contributed by atoms with Crippen molar-refractivity contribution in [2.45, 2.75) is 32.6 Å². The molecule has 2 atom stereocenters. The van der Waals surface area contributed by atoms with Crippen molar-refractivity contribution < 1.29 is 9.32 Å². The van der Waals surface area contributed by atoms with Crippen molar-refractivity contribution in [1.29, 1.82) is 0 Å². The van der Waals surface area contributed by atoms with Crippen LogP contribution in [0.5, 0.6) is 0 Å². The summed E-state index contributed by atoms with van der Waals surface area (Å²) in [4.78, 5) is 26.1. The third-order valence-electron chi connectivity index (χ3n) is 6.01. The van der Waals surface area contributed by atoms with Crippen molar-refractivity contribution >= 4 is 11.7 Å². The minimum atomic E-state index is 0.0558. The van der Waals surface area contributed by atoms with Crippen LogP contribution in [0.1, 0.15) is 46.3 Å². The summed E-state index contributed by atoms with van der Waals surface area (Å²) < 4.78 is 5.16. The lowest BCUT2D eigenvalue weighted by Gasteiger charge is -2.22. The lowest BCUT2D eigenvalue weighted by atomic mass is 10.0. The van der Waals surface area contributed by atoms with E-state index in [9.17, 15) is 4.79 Å². The van der Waals surface area contributed by atoms with Crippen LogP contribution in [0, 0.1) is 25.7 Å². The molecule has 0 N–H and O–H groups in total. The van der Waals surface area contributed by atoms with Crippen LogP contribution >= 0.6 is 0 Å². The van der Waals surface area contributed by atoms with Crippen molar-refractivity contribution in [2.24, 2.45) is 11.8 Å². The molecule has 2 aliphatic heterocycles. The highest BCUT2D eigenvalue weighted by Crippen LogP contribution is 2.40. The highest BCUT2D eigenvalue weighted by atomic mass is 16.5. The highest BCUT2D eigenvalue weighted by molar-refractivity contribution is 5.96. The van der Waals surface area contributed by atoms with Crippen LogP contribution in [0.3, 0.4) is 0 Å². The zero-order chi connectivity index (χ0) is 17.8. The van der Waals surface area contributed by atoms with Gasteiger partial charge >= 0.3 is 0 Å². The van der Waals surface area contributed by atoms with Gasteiger partial charge in [-0.05, 0) is 26.7 Å². The molecule has 136 valence electrons. The van der Waals surface area contributed by atoms with Gasteiger partial charge in [0.15, 0.2) is 0 Å². The molecule has 7 nitrogen and oxygen atoms in total. The number of hydrogen-bond acceptors (Lipinski definition) is 6. The summed E-state index contributed by atoms with van der Waals surface area (Å²) in [5, 5.41) is 3.92. The molecule has 3 aliphatic rings. The maximum Gasteiger partial charge on any atom is 0.259 e. The smallest absolute Gasteiger partial charge is 0.259 e. The maximum absolute atomic E-state index is 12.9. The van der Waals surface area contributed by atoms with Gasteiger partial charge in [0.05, 0.1) is 5.69 Å². The number of aryl methyl sites for hydroxylation is 2. The Morgan fingerprint density at radius 1 is 1.12 bits per heavy atom.